The molecule has 0 aromatic heterocycles. The highest BCUT2D eigenvalue weighted by atomic mass is 16.6. The van der Waals surface area contributed by atoms with E-state index in [0.29, 0.717) is 0 Å². The second-order valence-corrected chi connectivity index (χ2v) is 5.02. The maximum absolute atomic E-state index is 12.3. The molecular formula is C13H14N2O4. The Bertz CT molecular complexity index is 552. The number of rotatable bonds is 2. The van der Waals surface area contributed by atoms with Crippen LogP contribution in [-0.2, 0) is 0 Å². The molecule has 1 aliphatic carbocycles. The van der Waals surface area contributed by atoms with E-state index in [1.54, 1.807) is 6.07 Å². The number of carbonyl (C=O) groups is 1. The van der Waals surface area contributed by atoms with Crippen molar-refractivity contribution < 1.29 is 14.8 Å². The Morgan fingerprint density at radius 3 is 2.63 bits per heavy atom. The van der Waals surface area contributed by atoms with Crippen molar-refractivity contribution in [2.24, 2.45) is 0 Å². The number of nitro benzene ring substituents is 1. The van der Waals surface area contributed by atoms with Crippen molar-refractivity contribution in [3.63, 3.8) is 0 Å². The van der Waals surface area contributed by atoms with Gasteiger partial charge in [0.05, 0.1) is 16.1 Å². The minimum Gasteiger partial charge on any atom is -0.369 e. The van der Waals surface area contributed by atoms with Crippen LogP contribution in [0.1, 0.15) is 47.8 Å². The number of aliphatic hydroxyl groups is 1. The molecule has 1 heterocycles. The smallest absolute Gasteiger partial charge is 0.277 e. The number of hydrogen-bond donors (Lipinski definition) is 1. The monoisotopic (exact) mass is 262 g/mol. The second kappa shape index (κ2) is 4.31. The Morgan fingerprint density at radius 2 is 2.00 bits per heavy atom. The van der Waals surface area contributed by atoms with Gasteiger partial charge in [-0.15, -0.1) is 0 Å². The fraction of sp³-hybridized carbons (Fsp3) is 0.462. The number of carbonyl (C=O) groups excluding carboxylic acids is 1. The zero-order valence-corrected chi connectivity index (χ0v) is 10.3. The van der Waals surface area contributed by atoms with Crippen molar-refractivity contribution in [2.45, 2.75) is 38.0 Å². The highest BCUT2D eigenvalue weighted by molar-refractivity contribution is 6.00. The first-order valence-corrected chi connectivity index (χ1v) is 6.39. The predicted octanol–water partition coefficient (Wildman–Crippen LogP) is 1.98. The molecule has 1 fully saturated rings. The molecule has 1 amide bonds. The van der Waals surface area contributed by atoms with E-state index in [1.807, 2.05) is 0 Å². The number of amides is 1. The van der Waals surface area contributed by atoms with Crippen molar-refractivity contribution in [3.8, 4) is 0 Å². The van der Waals surface area contributed by atoms with Gasteiger partial charge < -0.3 is 10.0 Å². The Balaban J connectivity index is 2.06. The molecule has 0 bridgehead atoms. The lowest BCUT2D eigenvalue weighted by Gasteiger charge is -2.27. The summed E-state index contributed by atoms with van der Waals surface area (Å²) in [7, 11) is 0. The fourth-order valence-electron chi connectivity index (χ4n) is 3.11. The number of benzene rings is 1. The van der Waals surface area contributed by atoms with Crippen LogP contribution in [-0.4, -0.2) is 26.9 Å². The molecular weight excluding hydrogens is 248 g/mol. The molecule has 3 rings (SSSR count). The Kier molecular flexibility index (Phi) is 2.74. The quantitative estimate of drug-likeness (QED) is 0.652. The molecule has 1 aromatic rings. The Morgan fingerprint density at radius 1 is 1.32 bits per heavy atom. The van der Waals surface area contributed by atoms with Crippen LogP contribution < -0.4 is 0 Å². The van der Waals surface area contributed by atoms with Crippen LogP contribution in [0.5, 0.6) is 0 Å². The zero-order chi connectivity index (χ0) is 13.6. The van der Waals surface area contributed by atoms with Gasteiger partial charge in [0.1, 0.15) is 0 Å². The van der Waals surface area contributed by atoms with Gasteiger partial charge in [0.15, 0.2) is 6.23 Å². The number of aliphatic hydroxyl groups excluding tert-OH is 1. The molecule has 0 saturated heterocycles. The number of nitro groups is 1. The van der Waals surface area contributed by atoms with E-state index in [4.69, 9.17) is 0 Å². The van der Waals surface area contributed by atoms with Gasteiger partial charge in [0, 0.05) is 12.1 Å². The lowest BCUT2D eigenvalue weighted by molar-refractivity contribution is -0.386. The van der Waals surface area contributed by atoms with Crippen LogP contribution in [0.4, 0.5) is 5.69 Å². The second-order valence-electron chi connectivity index (χ2n) is 5.02. The maximum Gasteiger partial charge on any atom is 0.277 e. The van der Waals surface area contributed by atoms with Crippen molar-refractivity contribution in [1.82, 2.24) is 4.90 Å². The SMILES string of the molecule is O=C1c2cccc([N+](=O)[O-])c2C(O)N1C1CCCC1. The van der Waals surface area contributed by atoms with Crippen LogP contribution in [0, 0.1) is 10.1 Å². The number of fused-ring (bicyclic) bond motifs is 1. The van der Waals surface area contributed by atoms with Crippen LogP contribution in [0.15, 0.2) is 18.2 Å². The summed E-state index contributed by atoms with van der Waals surface area (Å²) in [6.45, 7) is 0. The molecule has 2 aliphatic rings. The molecule has 1 atom stereocenters. The topological polar surface area (TPSA) is 83.7 Å². The van der Waals surface area contributed by atoms with Gasteiger partial charge in [-0.2, -0.15) is 0 Å². The van der Waals surface area contributed by atoms with E-state index in [2.05, 4.69) is 0 Å². The summed E-state index contributed by atoms with van der Waals surface area (Å²) in [5.74, 6) is -0.293. The summed E-state index contributed by atoms with van der Waals surface area (Å²) in [5, 5.41) is 21.3. The average molecular weight is 262 g/mol. The van der Waals surface area contributed by atoms with Gasteiger partial charge in [0.2, 0.25) is 0 Å². The highest BCUT2D eigenvalue weighted by Crippen LogP contribution is 2.41. The minimum atomic E-state index is -1.19. The number of hydrogen-bond acceptors (Lipinski definition) is 4. The summed E-state index contributed by atoms with van der Waals surface area (Å²) < 4.78 is 0. The maximum atomic E-state index is 12.3. The fourth-order valence-corrected chi connectivity index (χ4v) is 3.11. The van der Waals surface area contributed by atoms with Crippen LogP contribution >= 0.6 is 0 Å². The van der Waals surface area contributed by atoms with E-state index < -0.39 is 11.2 Å². The van der Waals surface area contributed by atoms with Gasteiger partial charge in [-0.05, 0) is 18.9 Å². The van der Waals surface area contributed by atoms with Crippen molar-refractivity contribution in [2.75, 3.05) is 0 Å². The average Bonchev–Trinajstić information content (AvgIpc) is 2.98. The third kappa shape index (κ3) is 1.71. The first kappa shape index (κ1) is 12.1. The van der Waals surface area contributed by atoms with Gasteiger partial charge in [-0.3, -0.25) is 14.9 Å². The third-order valence-corrected chi connectivity index (χ3v) is 3.98. The van der Waals surface area contributed by atoms with Crippen LogP contribution in [0.25, 0.3) is 0 Å². The summed E-state index contributed by atoms with van der Waals surface area (Å²) in [4.78, 5) is 24.2. The third-order valence-electron chi connectivity index (χ3n) is 3.98. The summed E-state index contributed by atoms with van der Waals surface area (Å²) >= 11 is 0. The molecule has 6 heteroatoms. The standard InChI is InChI=1S/C13H14N2O4/c16-12-9-6-3-7-10(15(18)19)11(9)13(17)14(12)8-4-1-2-5-8/h3,6-8,13,17H,1-2,4-5H2. The van der Waals surface area contributed by atoms with E-state index in [-0.39, 0.29) is 28.8 Å². The van der Waals surface area contributed by atoms with E-state index in [1.165, 1.54) is 17.0 Å². The van der Waals surface area contributed by atoms with Gasteiger partial charge in [-0.25, -0.2) is 0 Å². The first-order valence-electron chi connectivity index (χ1n) is 6.39. The normalized spacial score (nSPS) is 22.9. The lowest BCUT2D eigenvalue weighted by atomic mass is 10.1. The molecule has 19 heavy (non-hydrogen) atoms. The highest BCUT2D eigenvalue weighted by Gasteiger charge is 2.44. The summed E-state index contributed by atoms with van der Waals surface area (Å²) in [6, 6.07) is 4.35. The van der Waals surface area contributed by atoms with Gasteiger partial charge in [-0.1, -0.05) is 18.9 Å². The zero-order valence-electron chi connectivity index (χ0n) is 10.3. The van der Waals surface area contributed by atoms with E-state index in [0.717, 1.165) is 25.7 Å². The predicted molar refractivity (Wildman–Crippen MR) is 66.5 cm³/mol. The molecule has 1 saturated carbocycles. The molecule has 1 aromatic carbocycles. The summed E-state index contributed by atoms with van der Waals surface area (Å²) in [6.07, 6.45) is 2.57. The van der Waals surface area contributed by atoms with E-state index in [9.17, 15) is 20.0 Å². The molecule has 0 spiro atoms. The lowest BCUT2D eigenvalue weighted by Crippen LogP contribution is -2.36. The van der Waals surface area contributed by atoms with Gasteiger partial charge in [0.25, 0.3) is 11.6 Å². The Hall–Kier alpha value is -1.95. The Labute approximate surface area is 109 Å². The molecule has 0 radical (unpaired) electrons. The van der Waals surface area contributed by atoms with Crippen LogP contribution in [0.2, 0.25) is 0 Å². The molecule has 1 N–H and O–H groups in total. The molecule has 1 unspecified atom stereocenters. The molecule has 6 nitrogen and oxygen atoms in total. The largest absolute Gasteiger partial charge is 0.369 e. The van der Waals surface area contributed by atoms with Crippen LogP contribution in [0.3, 0.4) is 0 Å². The number of nitrogens with zero attached hydrogens (tertiary/aromatic N) is 2. The van der Waals surface area contributed by atoms with Gasteiger partial charge >= 0.3 is 0 Å². The van der Waals surface area contributed by atoms with E-state index >= 15 is 0 Å². The molecule has 100 valence electrons. The first-order chi connectivity index (χ1) is 9.11. The summed E-state index contributed by atoms with van der Waals surface area (Å²) in [5.41, 5.74) is 0.219. The van der Waals surface area contributed by atoms with Crippen molar-refractivity contribution in [3.05, 3.63) is 39.4 Å². The minimum absolute atomic E-state index is 0.00509. The molecule has 1 aliphatic heterocycles. The van der Waals surface area contributed by atoms with Crippen molar-refractivity contribution >= 4 is 11.6 Å². The van der Waals surface area contributed by atoms with Crippen molar-refractivity contribution in [1.29, 1.82) is 0 Å².